The van der Waals surface area contributed by atoms with Crippen LogP contribution in [-0.4, -0.2) is 27.9 Å². The van der Waals surface area contributed by atoms with Crippen molar-refractivity contribution in [3.05, 3.63) is 43.0 Å². The summed E-state index contributed by atoms with van der Waals surface area (Å²) in [6.07, 6.45) is 4.82. The molecule has 0 atom stereocenters. The number of anilines is 1. The van der Waals surface area contributed by atoms with Crippen LogP contribution >= 0.6 is 11.8 Å². The zero-order valence-corrected chi connectivity index (χ0v) is 9.93. The molecule has 1 amide bonds. The summed E-state index contributed by atoms with van der Waals surface area (Å²) < 4.78 is 1.51. The van der Waals surface area contributed by atoms with Crippen LogP contribution < -0.4 is 4.90 Å². The van der Waals surface area contributed by atoms with Gasteiger partial charge in [0.25, 0.3) is 0 Å². The fourth-order valence-electron chi connectivity index (χ4n) is 1.88. The molecule has 1 aliphatic heterocycles. The van der Waals surface area contributed by atoms with E-state index in [-0.39, 0.29) is 6.03 Å². The summed E-state index contributed by atoms with van der Waals surface area (Å²) in [6.45, 7) is 0.735. The van der Waals surface area contributed by atoms with Crippen molar-refractivity contribution in [2.24, 2.45) is 0 Å². The number of fused-ring (bicyclic) bond motifs is 1. The number of thioether (sulfide) groups is 1. The molecule has 0 radical (unpaired) electrons. The van der Waals surface area contributed by atoms with E-state index in [9.17, 15) is 4.79 Å². The van der Waals surface area contributed by atoms with E-state index in [0.29, 0.717) is 0 Å². The molecule has 3 rings (SSSR count). The smallest absolute Gasteiger partial charge is 0.292 e. The number of hydrogen-bond donors (Lipinski definition) is 0. The molecule has 0 unspecified atom stereocenters. The van der Waals surface area contributed by atoms with Crippen molar-refractivity contribution in [1.29, 1.82) is 0 Å². The number of amides is 1. The lowest BCUT2D eigenvalue weighted by Crippen LogP contribution is -2.37. The first-order chi connectivity index (χ1) is 8.36. The Kier molecular flexibility index (Phi) is 2.60. The molecule has 2 heterocycles. The van der Waals surface area contributed by atoms with Crippen LogP contribution in [0.4, 0.5) is 10.5 Å². The predicted octanol–water partition coefficient (Wildman–Crippen LogP) is 2.46. The molecule has 86 valence electrons. The maximum Gasteiger partial charge on any atom is 0.333 e. The second kappa shape index (κ2) is 4.25. The van der Waals surface area contributed by atoms with Gasteiger partial charge in [0.1, 0.15) is 6.33 Å². The highest BCUT2D eigenvalue weighted by Gasteiger charge is 2.23. The minimum atomic E-state index is -0.0461. The van der Waals surface area contributed by atoms with Crippen LogP contribution in [0.25, 0.3) is 0 Å². The van der Waals surface area contributed by atoms with Crippen molar-refractivity contribution >= 4 is 23.5 Å². The van der Waals surface area contributed by atoms with Gasteiger partial charge in [-0.15, -0.1) is 11.8 Å². The fourth-order valence-corrected chi connectivity index (χ4v) is 2.87. The number of nitrogens with zero attached hydrogens (tertiary/aromatic N) is 3. The summed E-state index contributed by atoms with van der Waals surface area (Å²) in [5.74, 6) is 0.928. The second-order valence-corrected chi connectivity index (χ2v) is 4.86. The minimum Gasteiger partial charge on any atom is -0.292 e. The second-order valence-electron chi connectivity index (χ2n) is 3.72. The van der Waals surface area contributed by atoms with Crippen molar-refractivity contribution in [3.63, 3.8) is 0 Å². The molecular formula is C12H11N3OS. The van der Waals surface area contributed by atoms with Crippen LogP contribution in [-0.2, 0) is 0 Å². The molecule has 0 aliphatic carbocycles. The number of hydrogen-bond acceptors (Lipinski definition) is 3. The SMILES string of the molecule is O=C(N1CCSc2ccccc21)n1ccnc1. The summed E-state index contributed by atoms with van der Waals surface area (Å²) in [6, 6.07) is 7.94. The molecule has 0 N–H and O–H groups in total. The maximum atomic E-state index is 12.3. The Bertz CT molecular complexity index is 538. The van der Waals surface area contributed by atoms with Gasteiger partial charge in [-0.1, -0.05) is 12.1 Å². The Morgan fingerprint density at radius 3 is 3.06 bits per heavy atom. The first-order valence-corrected chi connectivity index (χ1v) is 6.36. The van der Waals surface area contributed by atoms with E-state index in [1.807, 2.05) is 24.3 Å². The van der Waals surface area contributed by atoms with Crippen LogP contribution in [0.15, 0.2) is 47.9 Å². The summed E-state index contributed by atoms with van der Waals surface area (Å²) in [5, 5.41) is 0. The molecule has 4 nitrogen and oxygen atoms in total. The molecular weight excluding hydrogens is 234 g/mol. The van der Waals surface area contributed by atoms with Crippen LogP contribution in [0.3, 0.4) is 0 Å². The van der Waals surface area contributed by atoms with Crippen molar-refractivity contribution < 1.29 is 4.79 Å². The number of aromatic nitrogens is 2. The lowest BCUT2D eigenvalue weighted by atomic mass is 10.3. The Balaban J connectivity index is 1.98. The Labute approximate surface area is 103 Å². The third-order valence-electron chi connectivity index (χ3n) is 2.68. The average Bonchev–Trinajstić information content (AvgIpc) is 2.91. The number of benzene rings is 1. The van der Waals surface area contributed by atoms with Gasteiger partial charge in [-0.05, 0) is 12.1 Å². The molecule has 5 heteroatoms. The molecule has 0 bridgehead atoms. The molecule has 0 saturated heterocycles. The van der Waals surface area contributed by atoms with Gasteiger partial charge >= 0.3 is 6.03 Å². The molecule has 2 aromatic rings. The van der Waals surface area contributed by atoms with Gasteiger partial charge < -0.3 is 0 Å². The van der Waals surface area contributed by atoms with Crippen LogP contribution in [0.5, 0.6) is 0 Å². The summed E-state index contributed by atoms with van der Waals surface area (Å²) in [7, 11) is 0. The third kappa shape index (κ3) is 1.82. The third-order valence-corrected chi connectivity index (χ3v) is 3.73. The summed E-state index contributed by atoms with van der Waals surface area (Å²) in [5.41, 5.74) is 0.988. The standard InChI is InChI=1S/C12H11N3OS/c16-12(14-6-5-13-9-14)15-7-8-17-11-4-2-1-3-10(11)15/h1-6,9H,7-8H2. The van der Waals surface area contributed by atoms with E-state index in [1.165, 1.54) is 10.9 Å². The minimum absolute atomic E-state index is 0.0461. The van der Waals surface area contributed by atoms with Crippen LogP contribution in [0.2, 0.25) is 0 Å². The van der Waals surface area contributed by atoms with E-state index in [0.717, 1.165) is 22.9 Å². The lowest BCUT2D eigenvalue weighted by molar-refractivity contribution is 0.248. The average molecular weight is 245 g/mol. The highest BCUT2D eigenvalue weighted by molar-refractivity contribution is 7.99. The Morgan fingerprint density at radius 1 is 1.35 bits per heavy atom. The normalized spacial score (nSPS) is 14.5. The van der Waals surface area contributed by atoms with Crippen LogP contribution in [0.1, 0.15) is 0 Å². The quantitative estimate of drug-likeness (QED) is 0.715. The molecule has 1 aliphatic rings. The molecule has 1 aromatic heterocycles. The number of rotatable bonds is 0. The molecule has 1 aromatic carbocycles. The number of para-hydroxylation sites is 1. The maximum absolute atomic E-state index is 12.3. The first-order valence-electron chi connectivity index (χ1n) is 5.38. The van der Waals surface area contributed by atoms with Gasteiger partial charge in [0.2, 0.25) is 0 Å². The van der Waals surface area contributed by atoms with Crippen molar-refractivity contribution in [2.75, 3.05) is 17.2 Å². The van der Waals surface area contributed by atoms with Gasteiger partial charge in [0.15, 0.2) is 0 Å². The Morgan fingerprint density at radius 2 is 2.24 bits per heavy atom. The number of carbonyl (C=O) groups excluding carboxylic acids is 1. The lowest BCUT2D eigenvalue weighted by Gasteiger charge is -2.28. The van der Waals surface area contributed by atoms with Crippen molar-refractivity contribution in [2.45, 2.75) is 4.90 Å². The van der Waals surface area contributed by atoms with E-state index >= 15 is 0 Å². The zero-order valence-electron chi connectivity index (χ0n) is 9.11. The van der Waals surface area contributed by atoms with Gasteiger partial charge in [0, 0.05) is 29.6 Å². The van der Waals surface area contributed by atoms with E-state index in [2.05, 4.69) is 4.98 Å². The first kappa shape index (κ1) is 10.4. The molecule has 17 heavy (non-hydrogen) atoms. The van der Waals surface area contributed by atoms with Gasteiger partial charge in [0.05, 0.1) is 5.69 Å². The van der Waals surface area contributed by atoms with E-state index < -0.39 is 0 Å². The fraction of sp³-hybridized carbons (Fsp3) is 0.167. The highest BCUT2D eigenvalue weighted by atomic mass is 32.2. The molecule has 0 saturated carbocycles. The highest BCUT2D eigenvalue weighted by Crippen LogP contribution is 2.34. The van der Waals surface area contributed by atoms with Gasteiger partial charge in [-0.25, -0.2) is 9.78 Å². The largest absolute Gasteiger partial charge is 0.333 e. The predicted molar refractivity (Wildman–Crippen MR) is 67.5 cm³/mol. The van der Waals surface area contributed by atoms with Crippen LogP contribution in [0, 0.1) is 0 Å². The van der Waals surface area contributed by atoms with Gasteiger partial charge in [-0.3, -0.25) is 9.47 Å². The zero-order chi connectivity index (χ0) is 11.7. The summed E-state index contributed by atoms with van der Waals surface area (Å²) in [4.78, 5) is 19.1. The topological polar surface area (TPSA) is 38.1 Å². The van der Waals surface area contributed by atoms with Gasteiger partial charge in [-0.2, -0.15) is 0 Å². The summed E-state index contributed by atoms with van der Waals surface area (Å²) >= 11 is 1.79. The number of imidazole rings is 1. The van der Waals surface area contributed by atoms with E-state index in [1.54, 1.807) is 29.1 Å². The monoisotopic (exact) mass is 245 g/mol. The van der Waals surface area contributed by atoms with Crippen molar-refractivity contribution in [1.82, 2.24) is 9.55 Å². The van der Waals surface area contributed by atoms with Crippen molar-refractivity contribution in [3.8, 4) is 0 Å². The molecule has 0 fully saturated rings. The molecule has 0 spiro atoms. The Hall–Kier alpha value is -1.75. The number of carbonyl (C=O) groups is 1. The van der Waals surface area contributed by atoms with E-state index in [4.69, 9.17) is 0 Å².